The lowest BCUT2D eigenvalue weighted by Gasteiger charge is -2.29. The predicted octanol–water partition coefficient (Wildman–Crippen LogP) is 2.42. The van der Waals surface area contributed by atoms with Crippen LogP contribution in [0.15, 0.2) is 18.2 Å². The highest BCUT2D eigenvalue weighted by atomic mass is 19.1. The zero-order chi connectivity index (χ0) is 14.7. The fraction of sp³-hybridized carbons (Fsp3) is 0.533. The summed E-state index contributed by atoms with van der Waals surface area (Å²) < 4.78 is 18.9. The molecule has 1 fully saturated rings. The number of methoxy groups -OCH3 is 1. The van der Waals surface area contributed by atoms with Gasteiger partial charge in [0.25, 0.3) is 5.91 Å². The molecule has 0 heterocycles. The Bertz CT molecular complexity index is 488. The summed E-state index contributed by atoms with van der Waals surface area (Å²) in [5.74, 6) is -0.729. The van der Waals surface area contributed by atoms with Crippen LogP contribution < -0.4 is 0 Å². The molecule has 5 heteroatoms. The van der Waals surface area contributed by atoms with Gasteiger partial charge in [-0.25, -0.2) is 4.39 Å². The molecule has 1 N–H and O–H groups in total. The normalized spacial score (nSPS) is 15.9. The zero-order valence-electron chi connectivity index (χ0n) is 11.8. The molecule has 20 heavy (non-hydrogen) atoms. The summed E-state index contributed by atoms with van der Waals surface area (Å²) in [6, 6.07) is 3.69. The van der Waals surface area contributed by atoms with Gasteiger partial charge in [0, 0.05) is 25.8 Å². The van der Waals surface area contributed by atoms with Gasteiger partial charge in [0.2, 0.25) is 0 Å². The molecular formula is C15H20FNO3. The summed E-state index contributed by atoms with van der Waals surface area (Å²) >= 11 is 0. The van der Waals surface area contributed by atoms with E-state index in [9.17, 15) is 14.3 Å². The molecule has 0 aliphatic heterocycles. The fourth-order valence-corrected chi connectivity index (χ4v) is 2.35. The SMILES string of the molecule is COCCN(C(=O)c1ccc(O)cc1F)C(C)C1CC1. The second kappa shape index (κ2) is 6.22. The van der Waals surface area contributed by atoms with E-state index in [1.54, 1.807) is 12.0 Å². The molecule has 2 rings (SSSR count). The highest BCUT2D eigenvalue weighted by Gasteiger charge is 2.35. The molecule has 1 atom stereocenters. The summed E-state index contributed by atoms with van der Waals surface area (Å²) in [7, 11) is 1.57. The maximum atomic E-state index is 13.8. The molecule has 1 aromatic carbocycles. The van der Waals surface area contributed by atoms with Crippen LogP contribution in [-0.4, -0.2) is 42.2 Å². The van der Waals surface area contributed by atoms with Gasteiger partial charge in [0.15, 0.2) is 0 Å². The number of hydrogen-bond donors (Lipinski definition) is 1. The van der Waals surface area contributed by atoms with Gasteiger partial charge in [0.1, 0.15) is 11.6 Å². The third-order valence-corrected chi connectivity index (χ3v) is 3.78. The number of carbonyl (C=O) groups is 1. The molecule has 4 nitrogen and oxygen atoms in total. The molecular weight excluding hydrogens is 261 g/mol. The Morgan fingerprint density at radius 2 is 2.25 bits per heavy atom. The van der Waals surface area contributed by atoms with Gasteiger partial charge < -0.3 is 14.7 Å². The van der Waals surface area contributed by atoms with Crippen molar-refractivity contribution in [3.05, 3.63) is 29.6 Å². The van der Waals surface area contributed by atoms with Crippen LogP contribution in [0.2, 0.25) is 0 Å². The first kappa shape index (κ1) is 14.8. The molecule has 0 aromatic heterocycles. The molecule has 110 valence electrons. The summed E-state index contributed by atoms with van der Waals surface area (Å²) in [6.07, 6.45) is 2.21. The first-order valence-electron chi connectivity index (χ1n) is 6.83. The molecule has 0 bridgehead atoms. The van der Waals surface area contributed by atoms with E-state index in [-0.39, 0.29) is 23.3 Å². The van der Waals surface area contributed by atoms with Crippen molar-refractivity contribution < 1.29 is 19.0 Å². The third kappa shape index (κ3) is 3.28. The van der Waals surface area contributed by atoms with Crippen molar-refractivity contribution in [1.82, 2.24) is 4.90 Å². The van der Waals surface area contributed by atoms with Crippen LogP contribution in [0.25, 0.3) is 0 Å². The van der Waals surface area contributed by atoms with E-state index >= 15 is 0 Å². The van der Waals surface area contributed by atoms with Crippen LogP contribution in [0.3, 0.4) is 0 Å². The average Bonchev–Trinajstić information content (AvgIpc) is 3.22. The van der Waals surface area contributed by atoms with Crippen LogP contribution in [-0.2, 0) is 4.74 Å². The van der Waals surface area contributed by atoms with Gasteiger partial charge >= 0.3 is 0 Å². The summed E-state index contributed by atoms with van der Waals surface area (Å²) in [5, 5.41) is 9.22. The lowest BCUT2D eigenvalue weighted by Crippen LogP contribution is -2.42. The van der Waals surface area contributed by atoms with Crippen LogP contribution in [0.5, 0.6) is 5.75 Å². The van der Waals surface area contributed by atoms with Crippen LogP contribution >= 0.6 is 0 Å². The Hall–Kier alpha value is -1.62. The van der Waals surface area contributed by atoms with Gasteiger partial charge in [-0.2, -0.15) is 0 Å². The van der Waals surface area contributed by atoms with Crippen LogP contribution in [0.1, 0.15) is 30.1 Å². The lowest BCUT2D eigenvalue weighted by molar-refractivity contribution is 0.0590. The van der Waals surface area contributed by atoms with Gasteiger partial charge in [0.05, 0.1) is 12.2 Å². The van der Waals surface area contributed by atoms with Crippen LogP contribution in [0, 0.1) is 11.7 Å². The number of ether oxygens (including phenoxy) is 1. The summed E-state index contributed by atoms with van der Waals surface area (Å²) in [4.78, 5) is 14.2. The predicted molar refractivity (Wildman–Crippen MR) is 73.2 cm³/mol. The Morgan fingerprint density at radius 1 is 1.55 bits per heavy atom. The molecule has 0 spiro atoms. The number of halogens is 1. The Morgan fingerprint density at radius 3 is 2.80 bits per heavy atom. The molecule has 1 aliphatic carbocycles. The zero-order valence-corrected chi connectivity index (χ0v) is 11.8. The van der Waals surface area contributed by atoms with E-state index in [1.807, 2.05) is 6.92 Å². The molecule has 1 amide bonds. The quantitative estimate of drug-likeness (QED) is 0.871. The number of amides is 1. The smallest absolute Gasteiger partial charge is 0.257 e. The second-order valence-corrected chi connectivity index (χ2v) is 5.23. The number of carbonyl (C=O) groups excluding carboxylic acids is 1. The minimum absolute atomic E-state index is 0.00796. The number of hydrogen-bond acceptors (Lipinski definition) is 3. The second-order valence-electron chi connectivity index (χ2n) is 5.23. The number of aromatic hydroxyl groups is 1. The third-order valence-electron chi connectivity index (χ3n) is 3.78. The molecule has 1 aliphatic rings. The average molecular weight is 281 g/mol. The van der Waals surface area contributed by atoms with Crippen molar-refractivity contribution in [3.63, 3.8) is 0 Å². The molecule has 1 aromatic rings. The van der Waals surface area contributed by atoms with Crippen molar-refractivity contribution >= 4 is 5.91 Å². The maximum absolute atomic E-state index is 13.8. The van der Waals surface area contributed by atoms with E-state index in [0.29, 0.717) is 19.1 Å². The van der Waals surface area contributed by atoms with Gasteiger partial charge in [-0.15, -0.1) is 0 Å². The molecule has 0 saturated heterocycles. The van der Waals surface area contributed by atoms with Crippen LogP contribution in [0.4, 0.5) is 4.39 Å². The lowest BCUT2D eigenvalue weighted by atomic mass is 10.1. The van der Waals surface area contributed by atoms with E-state index in [2.05, 4.69) is 0 Å². The molecule has 1 saturated carbocycles. The van der Waals surface area contributed by atoms with Crippen molar-refractivity contribution in [2.24, 2.45) is 5.92 Å². The highest BCUT2D eigenvalue weighted by molar-refractivity contribution is 5.94. The summed E-state index contributed by atoms with van der Waals surface area (Å²) in [5.41, 5.74) is -0.00796. The standard InChI is InChI=1S/C15H20FNO3/c1-10(11-3-4-11)17(7-8-20-2)15(19)13-6-5-12(18)9-14(13)16/h5-6,9-11,18H,3-4,7-8H2,1-2H3. The Balaban J connectivity index is 2.20. The molecule has 0 radical (unpaired) electrons. The van der Waals surface area contributed by atoms with E-state index in [4.69, 9.17) is 4.74 Å². The maximum Gasteiger partial charge on any atom is 0.257 e. The number of phenols is 1. The van der Waals surface area contributed by atoms with Crippen molar-refractivity contribution in [1.29, 1.82) is 0 Å². The highest BCUT2D eigenvalue weighted by Crippen LogP contribution is 2.35. The number of phenolic OH excluding ortho intramolecular Hbond substituents is 1. The van der Waals surface area contributed by atoms with Crippen molar-refractivity contribution in [2.75, 3.05) is 20.3 Å². The fourth-order valence-electron chi connectivity index (χ4n) is 2.35. The summed E-state index contributed by atoms with van der Waals surface area (Å²) in [6.45, 7) is 2.85. The van der Waals surface area contributed by atoms with Gasteiger partial charge in [-0.1, -0.05) is 0 Å². The minimum atomic E-state index is -0.694. The van der Waals surface area contributed by atoms with Gasteiger partial charge in [-0.3, -0.25) is 4.79 Å². The van der Waals surface area contributed by atoms with Crippen molar-refractivity contribution in [2.45, 2.75) is 25.8 Å². The number of rotatable bonds is 6. The van der Waals surface area contributed by atoms with E-state index in [0.717, 1.165) is 18.9 Å². The molecule has 1 unspecified atom stereocenters. The first-order chi connectivity index (χ1) is 9.54. The van der Waals surface area contributed by atoms with Gasteiger partial charge in [-0.05, 0) is 37.8 Å². The topological polar surface area (TPSA) is 49.8 Å². The Kier molecular flexibility index (Phi) is 4.60. The number of nitrogens with zero attached hydrogens (tertiary/aromatic N) is 1. The minimum Gasteiger partial charge on any atom is -0.508 e. The Labute approximate surface area is 118 Å². The van der Waals surface area contributed by atoms with Crippen molar-refractivity contribution in [3.8, 4) is 5.75 Å². The van der Waals surface area contributed by atoms with E-state index < -0.39 is 5.82 Å². The monoisotopic (exact) mass is 281 g/mol. The van der Waals surface area contributed by atoms with E-state index in [1.165, 1.54) is 12.1 Å². The largest absolute Gasteiger partial charge is 0.508 e. The number of benzene rings is 1. The first-order valence-corrected chi connectivity index (χ1v) is 6.83.